The van der Waals surface area contributed by atoms with Crippen LogP contribution >= 0.6 is 12.2 Å². The van der Waals surface area contributed by atoms with Gasteiger partial charge in [0.1, 0.15) is 12.4 Å². The van der Waals surface area contributed by atoms with Gasteiger partial charge in [0.15, 0.2) is 0 Å². The second-order valence-electron chi connectivity index (χ2n) is 6.92. The van der Waals surface area contributed by atoms with E-state index in [4.69, 9.17) is 17.0 Å². The Morgan fingerprint density at radius 2 is 2.00 bits per heavy atom. The summed E-state index contributed by atoms with van der Waals surface area (Å²) in [7, 11) is 0. The molecule has 0 unspecified atom stereocenters. The van der Waals surface area contributed by atoms with Crippen molar-refractivity contribution in [2.45, 2.75) is 25.7 Å². The Morgan fingerprint density at radius 1 is 1.23 bits per heavy atom. The largest absolute Gasteiger partial charge is 0.492 e. The fourth-order valence-electron chi connectivity index (χ4n) is 3.57. The lowest BCUT2D eigenvalue weighted by molar-refractivity contribution is -0.132. The quantitative estimate of drug-likeness (QED) is 0.572. The fourth-order valence-corrected chi connectivity index (χ4v) is 3.82. The topological polar surface area (TPSA) is 50.4 Å². The van der Waals surface area contributed by atoms with Crippen molar-refractivity contribution < 1.29 is 9.53 Å². The first-order valence-electron chi connectivity index (χ1n) is 9.25. The molecular formula is C21H26N2O2S. The zero-order valence-electron chi connectivity index (χ0n) is 15.0. The first-order valence-corrected chi connectivity index (χ1v) is 9.66. The molecule has 1 aromatic carbocycles. The van der Waals surface area contributed by atoms with Gasteiger partial charge in [-0.15, -0.1) is 0 Å². The minimum absolute atomic E-state index is 0.126. The van der Waals surface area contributed by atoms with Crippen LogP contribution < -0.4 is 15.4 Å². The smallest absolute Gasteiger partial charge is 0.226 e. The first-order chi connectivity index (χ1) is 12.7. The van der Waals surface area contributed by atoms with E-state index in [1.807, 2.05) is 30.3 Å². The highest BCUT2D eigenvalue weighted by Gasteiger charge is 2.39. The van der Waals surface area contributed by atoms with Crippen LogP contribution in [0.25, 0.3) is 0 Å². The molecule has 1 aliphatic carbocycles. The van der Waals surface area contributed by atoms with E-state index in [1.165, 1.54) is 5.57 Å². The maximum Gasteiger partial charge on any atom is 0.226 e. The molecule has 1 heterocycles. The third kappa shape index (κ3) is 5.02. The number of carbonyl (C=O) groups is 1. The fraction of sp³-hybridized carbons (Fsp3) is 0.429. The van der Waals surface area contributed by atoms with Gasteiger partial charge >= 0.3 is 0 Å². The molecule has 3 rings (SSSR count). The van der Waals surface area contributed by atoms with E-state index in [0.29, 0.717) is 13.2 Å². The van der Waals surface area contributed by atoms with Gasteiger partial charge in [-0.2, -0.15) is 0 Å². The van der Waals surface area contributed by atoms with Gasteiger partial charge in [-0.05, 0) is 56.1 Å². The van der Waals surface area contributed by atoms with Gasteiger partial charge in [0, 0.05) is 11.3 Å². The maximum absolute atomic E-state index is 13.0. The Bertz CT molecular complexity index is 691. The molecule has 0 bridgehead atoms. The molecule has 2 N–H and O–H groups in total. The van der Waals surface area contributed by atoms with E-state index >= 15 is 0 Å². The Kier molecular flexibility index (Phi) is 6.58. The predicted molar refractivity (Wildman–Crippen MR) is 109 cm³/mol. The molecule has 5 heteroatoms. The molecule has 1 saturated heterocycles. The summed E-state index contributed by atoms with van der Waals surface area (Å²) in [5.74, 6) is 0.950. The number of carbonyl (C=O) groups excluding carboxylic acids is 1. The highest BCUT2D eigenvalue weighted by molar-refractivity contribution is 7.80. The van der Waals surface area contributed by atoms with Crippen LogP contribution in [-0.4, -0.2) is 37.0 Å². The first kappa shape index (κ1) is 18.8. The molecule has 0 saturated carbocycles. The lowest BCUT2D eigenvalue weighted by atomic mass is 9.72. The number of hydrogen-bond donors (Lipinski definition) is 2. The average molecular weight is 371 g/mol. The van der Waals surface area contributed by atoms with Gasteiger partial charge in [0.25, 0.3) is 0 Å². The average Bonchev–Trinajstić information content (AvgIpc) is 2.66. The summed E-state index contributed by atoms with van der Waals surface area (Å²) in [6, 6.07) is 9.67. The standard InChI is InChI=1S/C21H26N2O2S/c24-20(23-13-14-25-18-6-2-1-3-7-18)21(9-11-22-12-10-21)16-17-5-4-8-19(26)15-17/h1-7,15,22H,8-14,16H2,(H,23,24). The number of para-hydroxylation sites is 1. The number of piperidine rings is 1. The number of ether oxygens (including phenoxy) is 1. The van der Waals surface area contributed by atoms with Crippen molar-refractivity contribution in [3.8, 4) is 5.75 Å². The van der Waals surface area contributed by atoms with E-state index in [9.17, 15) is 4.79 Å². The molecular weight excluding hydrogens is 344 g/mol. The van der Waals surface area contributed by atoms with Crippen molar-refractivity contribution in [3.05, 3.63) is 54.1 Å². The maximum atomic E-state index is 13.0. The lowest BCUT2D eigenvalue weighted by Crippen LogP contribution is -2.48. The van der Waals surface area contributed by atoms with Crippen LogP contribution in [0.3, 0.4) is 0 Å². The van der Waals surface area contributed by atoms with Crippen LogP contribution in [0.5, 0.6) is 5.75 Å². The molecule has 1 fully saturated rings. The van der Waals surface area contributed by atoms with Crippen molar-refractivity contribution in [3.63, 3.8) is 0 Å². The van der Waals surface area contributed by atoms with E-state index in [1.54, 1.807) is 0 Å². The zero-order valence-corrected chi connectivity index (χ0v) is 15.8. The van der Waals surface area contributed by atoms with E-state index in [-0.39, 0.29) is 11.3 Å². The Hall–Kier alpha value is -1.98. The van der Waals surface area contributed by atoms with Crippen molar-refractivity contribution in [1.29, 1.82) is 0 Å². The van der Waals surface area contributed by atoms with Gasteiger partial charge < -0.3 is 15.4 Å². The normalized spacial score (nSPS) is 18.9. The second kappa shape index (κ2) is 9.10. The molecule has 1 amide bonds. The summed E-state index contributed by atoms with van der Waals surface area (Å²) < 4.78 is 5.67. The third-order valence-electron chi connectivity index (χ3n) is 4.98. The predicted octanol–water partition coefficient (Wildman–Crippen LogP) is 3.20. The Balaban J connectivity index is 1.57. The number of allylic oxidation sites excluding steroid dienone is 4. The van der Waals surface area contributed by atoms with Gasteiger partial charge in [0.05, 0.1) is 12.0 Å². The van der Waals surface area contributed by atoms with Crippen LogP contribution in [-0.2, 0) is 4.79 Å². The molecule has 2 aliphatic rings. The van der Waals surface area contributed by atoms with E-state index in [0.717, 1.165) is 49.4 Å². The van der Waals surface area contributed by atoms with Gasteiger partial charge in [0.2, 0.25) is 5.91 Å². The van der Waals surface area contributed by atoms with Gasteiger partial charge in [-0.3, -0.25) is 4.79 Å². The van der Waals surface area contributed by atoms with Crippen molar-refractivity contribution in [2.75, 3.05) is 26.2 Å². The lowest BCUT2D eigenvalue weighted by Gasteiger charge is -2.37. The third-order valence-corrected chi connectivity index (χ3v) is 5.27. The monoisotopic (exact) mass is 370 g/mol. The van der Waals surface area contributed by atoms with Gasteiger partial charge in [-0.25, -0.2) is 0 Å². The van der Waals surface area contributed by atoms with Crippen LogP contribution in [0.4, 0.5) is 0 Å². The SMILES string of the molecule is O=C(NCCOc1ccccc1)C1(CC2=CC(=S)CC=C2)CCNCC1. The number of rotatable bonds is 7. The molecule has 138 valence electrons. The van der Waals surface area contributed by atoms with Gasteiger partial charge in [-0.1, -0.05) is 42.6 Å². The van der Waals surface area contributed by atoms with Crippen molar-refractivity contribution in [1.82, 2.24) is 10.6 Å². The highest BCUT2D eigenvalue weighted by atomic mass is 32.1. The Morgan fingerprint density at radius 3 is 2.73 bits per heavy atom. The minimum Gasteiger partial charge on any atom is -0.492 e. The second-order valence-corrected chi connectivity index (χ2v) is 7.44. The molecule has 1 aliphatic heterocycles. The number of thiocarbonyl (C=S) groups is 1. The summed E-state index contributed by atoms with van der Waals surface area (Å²) in [6.07, 6.45) is 9.54. The number of benzene rings is 1. The number of hydrogen-bond acceptors (Lipinski definition) is 4. The van der Waals surface area contributed by atoms with Crippen LogP contribution in [0, 0.1) is 5.41 Å². The summed E-state index contributed by atoms with van der Waals surface area (Å²) >= 11 is 5.33. The highest BCUT2D eigenvalue weighted by Crippen LogP contribution is 2.37. The van der Waals surface area contributed by atoms with Crippen molar-refractivity contribution >= 4 is 23.0 Å². The molecule has 4 nitrogen and oxygen atoms in total. The van der Waals surface area contributed by atoms with Crippen LogP contribution in [0.2, 0.25) is 0 Å². The molecule has 0 atom stereocenters. The molecule has 0 radical (unpaired) electrons. The number of nitrogens with one attached hydrogen (secondary N) is 2. The van der Waals surface area contributed by atoms with Crippen molar-refractivity contribution in [2.24, 2.45) is 5.41 Å². The van der Waals surface area contributed by atoms with Crippen LogP contribution in [0.1, 0.15) is 25.7 Å². The molecule has 26 heavy (non-hydrogen) atoms. The molecule has 1 aromatic rings. The van der Waals surface area contributed by atoms with E-state index in [2.05, 4.69) is 28.9 Å². The van der Waals surface area contributed by atoms with Crippen LogP contribution in [0.15, 0.2) is 54.1 Å². The molecule has 0 spiro atoms. The zero-order chi connectivity index (χ0) is 18.2. The number of amides is 1. The summed E-state index contributed by atoms with van der Waals surface area (Å²) in [5.41, 5.74) is 0.806. The summed E-state index contributed by atoms with van der Waals surface area (Å²) in [6.45, 7) is 2.72. The molecule has 0 aromatic heterocycles. The van der Waals surface area contributed by atoms with E-state index < -0.39 is 0 Å². The minimum atomic E-state index is -0.360. The summed E-state index contributed by atoms with van der Waals surface area (Å²) in [4.78, 5) is 14.0. The summed E-state index contributed by atoms with van der Waals surface area (Å²) in [5, 5.41) is 6.45. The Labute approximate surface area is 160 Å².